The highest BCUT2D eigenvalue weighted by atomic mass is 35.5. The van der Waals surface area contributed by atoms with Crippen LogP contribution in [0.25, 0.3) is 16.9 Å². The number of nitrogens with zero attached hydrogens (tertiary/aromatic N) is 2. The Bertz CT molecular complexity index is 1390. The Kier molecular flexibility index (Phi) is 6.63. The van der Waals surface area contributed by atoms with Crippen LogP contribution in [0.5, 0.6) is 11.5 Å². The summed E-state index contributed by atoms with van der Waals surface area (Å²) in [6.07, 6.45) is 1.39. The number of benzene rings is 2. The lowest BCUT2D eigenvalue weighted by Gasteiger charge is -2.15. The maximum atomic E-state index is 12.9. The van der Waals surface area contributed by atoms with E-state index in [4.69, 9.17) is 23.2 Å². The van der Waals surface area contributed by atoms with Crippen LogP contribution in [0.3, 0.4) is 0 Å². The largest absolute Gasteiger partial charge is 0.504 e. The van der Waals surface area contributed by atoms with E-state index in [0.717, 1.165) is 5.56 Å². The van der Waals surface area contributed by atoms with Gasteiger partial charge in [-0.15, -0.1) is 0 Å². The van der Waals surface area contributed by atoms with Gasteiger partial charge in [0.1, 0.15) is 11.7 Å². The monoisotopic (exact) mass is 499 g/mol. The first-order chi connectivity index (χ1) is 16.2. The molecule has 0 bridgehead atoms. The van der Waals surface area contributed by atoms with E-state index in [2.05, 4.69) is 10.3 Å². The quantitative estimate of drug-likeness (QED) is 0.284. The van der Waals surface area contributed by atoms with Gasteiger partial charge in [-0.1, -0.05) is 41.4 Å². The van der Waals surface area contributed by atoms with Gasteiger partial charge in [-0.25, -0.2) is 9.78 Å². The predicted octanol–water partition coefficient (Wildman–Crippen LogP) is 4.07. The van der Waals surface area contributed by atoms with Gasteiger partial charge < -0.3 is 25.0 Å². The van der Waals surface area contributed by atoms with Crippen molar-refractivity contribution in [3.05, 3.63) is 82.1 Å². The number of carbonyl (C=O) groups excluding carboxylic acids is 1. The van der Waals surface area contributed by atoms with Gasteiger partial charge in [0, 0.05) is 23.2 Å². The number of fused-ring (bicyclic) bond motifs is 1. The summed E-state index contributed by atoms with van der Waals surface area (Å²) in [5, 5.41) is 32.3. The number of hydrogen-bond donors (Lipinski definition) is 4. The Morgan fingerprint density at radius 3 is 2.35 bits per heavy atom. The number of carboxylic acid groups (broad SMARTS) is 1. The Labute approximate surface area is 204 Å². The van der Waals surface area contributed by atoms with E-state index in [1.165, 1.54) is 18.2 Å². The summed E-state index contributed by atoms with van der Waals surface area (Å²) in [6.45, 7) is 0. The van der Waals surface area contributed by atoms with E-state index >= 15 is 0 Å². The summed E-state index contributed by atoms with van der Waals surface area (Å²) in [4.78, 5) is 29.4. The molecule has 4 rings (SSSR count). The van der Waals surface area contributed by atoms with Crippen LogP contribution in [0.15, 0.2) is 60.8 Å². The van der Waals surface area contributed by atoms with Crippen LogP contribution >= 0.6 is 23.2 Å². The zero-order valence-corrected chi connectivity index (χ0v) is 19.1. The average Bonchev–Trinajstić information content (AvgIpc) is 3.13. The van der Waals surface area contributed by atoms with Crippen LogP contribution in [0, 0.1) is 0 Å². The molecule has 4 N–H and O–H groups in total. The number of aliphatic carboxylic acids is 1. The molecule has 0 aliphatic carbocycles. The second kappa shape index (κ2) is 9.62. The number of aromatic nitrogens is 2. The summed E-state index contributed by atoms with van der Waals surface area (Å²) in [5.74, 6) is -2.46. The van der Waals surface area contributed by atoms with Crippen molar-refractivity contribution >= 4 is 40.7 Å². The molecule has 0 aliphatic rings. The number of amides is 1. The maximum Gasteiger partial charge on any atom is 0.326 e. The number of halogens is 2. The summed E-state index contributed by atoms with van der Waals surface area (Å²) in [7, 11) is 0. The van der Waals surface area contributed by atoms with Crippen molar-refractivity contribution in [3.8, 4) is 22.8 Å². The molecular weight excluding hydrogens is 481 g/mol. The second-order valence-corrected chi connectivity index (χ2v) is 8.52. The lowest BCUT2D eigenvalue weighted by Crippen LogP contribution is -2.43. The molecule has 0 saturated carbocycles. The van der Waals surface area contributed by atoms with Crippen LogP contribution in [-0.2, 0) is 22.4 Å². The number of rotatable bonds is 7. The van der Waals surface area contributed by atoms with Gasteiger partial charge in [0.15, 0.2) is 11.5 Å². The summed E-state index contributed by atoms with van der Waals surface area (Å²) in [5.41, 5.74) is 2.83. The van der Waals surface area contributed by atoms with Gasteiger partial charge in [0.25, 0.3) is 0 Å². The van der Waals surface area contributed by atoms with E-state index in [1.807, 2.05) is 0 Å². The normalized spacial score (nSPS) is 11.9. The molecule has 8 nitrogen and oxygen atoms in total. The summed E-state index contributed by atoms with van der Waals surface area (Å²) < 4.78 is 1.69. The molecule has 2 aromatic carbocycles. The van der Waals surface area contributed by atoms with Crippen molar-refractivity contribution in [2.24, 2.45) is 0 Å². The predicted molar refractivity (Wildman–Crippen MR) is 127 cm³/mol. The molecule has 10 heteroatoms. The molecule has 0 radical (unpaired) electrons. The summed E-state index contributed by atoms with van der Waals surface area (Å²) in [6, 6.07) is 13.1. The first-order valence-electron chi connectivity index (χ1n) is 10.2. The third kappa shape index (κ3) is 5.08. The molecule has 1 amide bonds. The Hall–Kier alpha value is -3.75. The van der Waals surface area contributed by atoms with Crippen LogP contribution in [0.1, 0.15) is 11.3 Å². The van der Waals surface area contributed by atoms with Crippen molar-refractivity contribution < 1.29 is 24.9 Å². The molecule has 174 valence electrons. The third-order valence-electron chi connectivity index (χ3n) is 5.24. The molecule has 0 aliphatic heterocycles. The standard InChI is InChI=1S/C24H19Cl2N3O5/c25-15-4-2-14(3-5-15)23-18(29-12-16(26)6-8-21(29)28-23)11-22(32)27-17(24(33)34)9-13-1-7-19(30)20(31)10-13/h1-8,10,12,17,30-31H,9,11H2,(H,27,32)(H,33,34). The number of phenolic OH excluding ortho intramolecular Hbond substituents is 2. The van der Waals surface area contributed by atoms with Crippen molar-refractivity contribution in [2.45, 2.75) is 18.9 Å². The topological polar surface area (TPSA) is 124 Å². The molecule has 1 unspecified atom stereocenters. The smallest absolute Gasteiger partial charge is 0.326 e. The van der Waals surface area contributed by atoms with E-state index in [1.54, 1.807) is 47.0 Å². The van der Waals surface area contributed by atoms with Crippen LogP contribution in [-0.4, -0.2) is 42.6 Å². The molecule has 4 aromatic rings. The molecular formula is C24H19Cl2N3O5. The van der Waals surface area contributed by atoms with Gasteiger partial charge in [-0.3, -0.25) is 4.79 Å². The number of aromatic hydroxyl groups is 2. The molecule has 0 spiro atoms. The number of imidazole rings is 1. The second-order valence-electron chi connectivity index (χ2n) is 7.65. The lowest BCUT2D eigenvalue weighted by molar-refractivity contribution is -0.141. The van der Waals surface area contributed by atoms with Gasteiger partial charge in [0.2, 0.25) is 5.91 Å². The zero-order valence-electron chi connectivity index (χ0n) is 17.6. The van der Waals surface area contributed by atoms with Gasteiger partial charge in [-0.2, -0.15) is 0 Å². The minimum Gasteiger partial charge on any atom is -0.504 e. The molecule has 2 heterocycles. The van der Waals surface area contributed by atoms with Gasteiger partial charge in [-0.05, 0) is 42.0 Å². The molecule has 1 atom stereocenters. The Morgan fingerprint density at radius 1 is 0.971 bits per heavy atom. The molecule has 34 heavy (non-hydrogen) atoms. The highest BCUT2D eigenvalue weighted by Gasteiger charge is 2.23. The Balaban J connectivity index is 1.62. The number of pyridine rings is 1. The first-order valence-corrected chi connectivity index (χ1v) is 10.9. The fourth-order valence-electron chi connectivity index (χ4n) is 3.60. The van der Waals surface area contributed by atoms with Gasteiger partial charge in [0.05, 0.1) is 22.8 Å². The van der Waals surface area contributed by atoms with E-state index in [-0.39, 0.29) is 24.3 Å². The Morgan fingerprint density at radius 2 is 1.68 bits per heavy atom. The number of phenols is 2. The van der Waals surface area contributed by atoms with Crippen molar-refractivity contribution in [3.63, 3.8) is 0 Å². The van der Waals surface area contributed by atoms with E-state index in [0.29, 0.717) is 32.6 Å². The first kappa shape index (κ1) is 23.4. The van der Waals surface area contributed by atoms with Crippen LogP contribution in [0.4, 0.5) is 0 Å². The zero-order chi connectivity index (χ0) is 24.4. The van der Waals surface area contributed by atoms with E-state index in [9.17, 15) is 24.9 Å². The van der Waals surface area contributed by atoms with Gasteiger partial charge >= 0.3 is 5.97 Å². The highest BCUT2D eigenvalue weighted by molar-refractivity contribution is 6.30. The fraction of sp³-hybridized carbons (Fsp3) is 0.125. The van der Waals surface area contributed by atoms with Crippen molar-refractivity contribution in [2.75, 3.05) is 0 Å². The van der Waals surface area contributed by atoms with Crippen molar-refractivity contribution in [1.82, 2.24) is 14.7 Å². The molecule has 0 saturated heterocycles. The highest BCUT2D eigenvalue weighted by Crippen LogP contribution is 2.28. The van der Waals surface area contributed by atoms with Crippen LogP contribution < -0.4 is 5.32 Å². The number of hydrogen-bond acceptors (Lipinski definition) is 5. The minimum absolute atomic E-state index is 0.0854. The summed E-state index contributed by atoms with van der Waals surface area (Å²) >= 11 is 12.2. The maximum absolute atomic E-state index is 12.9. The molecule has 2 aromatic heterocycles. The van der Waals surface area contributed by atoms with E-state index < -0.39 is 17.9 Å². The fourth-order valence-corrected chi connectivity index (χ4v) is 3.89. The average molecular weight is 500 g/mol. The molecule has 0 fully saturated rings. The number of carboxylic acids is 1. The third-order valence-corrected chi connectivity index (χ3v) is 5.72. The van der Waals surface area contributed by atoms with Crippen LogP contribution in [0.2, 0.25) is 10.0 Å². The number of nitrogens with one attached hydrogen (secondary N) is 1. The van der Waals surface area contributed by atoms with Crippen molar-refractivity contribution in [1.29, 1.82) is 0 Å². The number of carbonyl (C=O) groups is 2. The lowest BCUT2D eigenvalue weighted by atomic mass is 10.0. The minimum atomic E-state index is -1.25. The SMILES string of the molecule is O=C(Cc1c(-c2ccc(Cl)cc2)nc2ccc(Cl)cn12)NC(Cc1ccc(O)c(O)c1)C(=O)O.